The Morgan fingerprint density at radius 2 is 1.84 bits per heavy atom. The minimum Gasteiger partial charge on any atom is -0.489 e. The van der Waals surface area contributed by atoms with E-state index < -0.39 is 0 Å². The summed E-state index contributed by atoms with van der Waals surface area (Å²) in [5, 5.41) is 9.50. The van der Waals surface area contributed by atoms with Crippen molar-refractivity contribution in [3.63, 3.8) is 0 Å². The van der Waals surface area contributed by atoms with Crippen LogP contribution in [0.5, 0.6) is 5.75 Å². The number of aryl methyl sites for hydroxylation is 1. The number of carbonyl (C=O) groups excluding carboxylic acids is 1. The van der Waals surface area contributed by atoms with E-state index in [1.165, 1.54) is 5.56 Å². The molecule has 176 valence electrons. The summed E-state index contributed by atoms with van der Waals surface area (Å²) >= 11 is 0. The van der Waals surface area contributed by atoms with Gasteiger partial charge >= 0.3 is 0 Å². The highest BCUT2D eigenvalue weighted by atomic mass is 127. The Labute approximate surface area is 209 Å². The summed E-state index contributed by atoms with van der Waals surface area (Å²) in [6, 6.07) is 15.6. The van der Waals surface area contributed by atoms with Crippen LogP contribution < -0.4 is 20.7 Å². The van der Waals surface area contributed by atoms with Crippen LogP contribution in [0.25, 0.3) is 0 Å². The number of nitrogens with one attached hydrogen (secondary N) is 3. The standard InChI is InChI=1S/C24H35N5O2.HI/c1-18-8-6-11-22(14-18)31-19(2)16-27-24(25-3)28-17-20-9-7-10-21(15-20)23(30)26-12-13-29(4)5;/h6-11,14-15,19H,12-13,16-17H2,1-5H3,(H,26,30)(H2,25,27,28);1H. The number of halogens is 1. The maximum absolute atomic E-state index is 12.3. The van der Waals surface area contributed by atoms with Gasteiger partial charge in [-0.15, -0.1) is 24.0 Å². The zero-order valence-electron chi connectivity index (χ0n) is 19.6. The summed E-state index contributed by atoms with van der Waals surface area (Å²) in [4.78, 5) is 18.6. The van der Waals surface area contributed by atoms with E-state index in [9.17, 15) is 4.79 Å². The summed E-state index contributed by atoms with van der Waals surface area (Å²) in [5.74, 6) is 1.48. The summed E-state index contributed by atoms with van der Waals surface area (Å²) in [7, 11) is 5.69. The predicted octanol–water partition coefficient (Wildman–Crippen LogP) is 3.04. The highest BCUT2D eigenvalue weighted by Gasteiger charge is 2.08. The second kappa shape index (κ2) is 14.7. The van der Waals surface area contributed by atoms with Gasteiger partial charge in [-0.2, -0.15) is 0 Å². The summed E-state index contributed by atoms with van der Waals surface area (Å²) in [5.41, 5.74) is 2.83. The Morgan fingerprint density at radius 1 is 1.09 bits per heavy atom. The van der Waals surface area contributed by atoms with Crippen molar-refractivity contribution in [1.29, 1.82) is 0 Å². The van der Waals surface area contributed by atoms with Crippen molar-refractivity contribution in [3.8, 4) is 5.75 Å². The zero-order chi connectivity index (χ0) is 22.6. The lowest BCUT2D eigenvalue weighted by Crippen LogP contribution is -2.41. The highest BCUT2D eigenvalue weighted by molar-refractivity contribution is 14.0. The Hall–Kier alpha value is -2.33. The second-order valence-electron chi connectivity index (χ2n) is 7.81. The Balaban J connectivity index is 0.00000512. The van der Waals surface area contributed by atoms with Gasteiger partial charge < -0.3 is 25.6 Å². The molecule has 2 aromatic carbocycles. The van der Waals surface area contributed by atoms with E-state index in [0.717, 1.165) is 17.9 Å². The summed E-state index contributed by atoms with van der Waals surface area (Å²) < 4.78 is 5.95. The number of hydrogen-bond donors (Lipinski definition) is 3. The van der Waals surface area contributed by atoms with Crippen molar-refractivity contribution in [2.45, 2.75) is 26.5 Å². The third-order valence-electron chi connectivity index (χ3n) is 4.60. The van der Waals surface area contributed by atoms with Crippen LogP contribution in [0, 0.1) is 6.92 Å². The van der Waals surface area contributed by atoms with Crippen molar-refractivity contribution < 1.29 is 9.53 Å². The molecule has 8 heteroatoms. The molecule has 0 heterocycles. The molecule has 0 fully saturated rings. The maximum atomic E-state index is 12.3. The molecule has 2 aromatic rings. The van der Waals surface area contributed by atoms with E-state index in [0.29, 0.717) is 31.2 Å². The van der Waals surface area contributed by atoms with Gasteiger partial charge in [-0.05, 0) is 63.3 Å². The van der Waals surface area contributed by atoms with E-state index in [2.05, 4.69) is 20.9 Å². The Bertz CT molecular complexity index is 873. The summed E-state index contributed by atoms with van der Waals surface area (Å²) in [6.07, 6.45) is -0.0189. The topological polar surface area (TPSA) is 78.0 Å². The minimum absolute atomic E-state index is 0. The third kappa shape index (κ3) is 10.3. The van der Waals surface area contributed by atoms with Gasteiger partial charge in [-0.3, -0.25) is 9.79 Å². The first kappa shape index (κ1) is 27.7. The molecule has 7 nitrogen and oxygen atoms in total. The Morgan fingerprint density at radius 3 is 2.53 bits per heavy atom. The number of nitrogens with zero attached hydrogens (tertiary/aromatic N) is 2. The van der Waals surface area contributed by atoms with Crippen LogP contribution in [0.2, 0.25) is 0 Å². The van der Waals surface area contributed by atoms with Crippen molar-refractivity contribution in [1.82, 2.24) is 20.9 Å². The quantitative estimate of drug-likeness (QED) is 0.240. The molecule has 1 atom stereocenters. The number of hydrogen-bond acceptors (Lipinski definition) is 4. The van der Waals surface area contributed by atoms with Crippen LogP contribution in [-0.2, 0) is 6.54 Å². The van der Waals surface area contributed by atoms with E-state index in [1.54, 1.807) is 7.05 Å². The van der Waals surface area contributed by atoms with Crippen LogP contribution in [0.4, 0.5) is 0 Å². The first-order chi connectivity index (χ1) is 14.9. The third-order valence-corrected chi connectivity index (χ3v) is 4.60. The number of rotatable bonds is 10. The molecule has 0 spiro atoms. The van der Waals surface area contributed by atoms with Crippen LogP contribution in [0.1, 0.15) is 28.4 Å². The molecule has 0 aliphatic carbocycles. The number of guanidine groups is 1. The van der Waals surface area contributed by atoms with Gasteiger partial charge in [-0.1, -0.05) is 24.3 Å². The lowest BCUT2D eigenvalue weighted by atomic mass is 10.1. The second-order valence-corrected chi connectivity index (χ2v) is 7.81. The van der Waals surface area contributed by atoms with E-state index in [4.69, 9.17) is 4.74 Å². The van der Waals surface area contributed by atoms with Gasteiger partial charge in [0.15, 0.2) is 5.96 Å². The molecule has 0 aromatic heterocycles. The van der Waals surface area contributed by atoms with Crippen molar-refractivity contribution in [2.75, 3.05) is 40.8 Å². The fourth-order valence-electron chi connectivity index (χ4n) is 2.93. The number of ether oxygens (including phenoxy) is 1. The average molecular weight is 553 g/mol. The van der Waals surface area contributed by atoms with E-state index >= 15 is 0 Å². The number of benzene rings is 2. The van der Waals surface area contributed by atoms with Gasteiger partial charge in [0.25, 0.3) is 5.91 Å². The molecule has 1 unspecified atom stereocenters. The lowest BCUT2D eigenvalue weighted by molar-refractivity contribution is 0.0951. The molecule has 1 amide bonds. The van der Waals surface area contributed by atoms with E-state index in [1.807, 2.05) is 81.4 Å². The predicted molar refractivity (Wildman–Crippen MR) is 142 cm³/mol. The largest absolute Gasteiger partial charge is 0.489 e. The van der Waals surface area contributed by atoms with Crippen LogP contribution >= 0.6 is 24.0 Å². The molecular formula is C24H36IN5O2. The zero-order valence-corrected chi connectivity index (χ0v) is 22.0. The minimum atomic E-state index is -0.0617. The first-order valence-corrected chi connectivity index (χ1v) is 10.6. The molecule has 2 rings (SSSR count). The lowest BCUT2D eigenvalue weighted by Gasteiger charge is -2.18. The van der Waals surface area contributed by atoms with Crippen molar-refractivity contribution in [3.05, 3.63) is 65.2 Å². The molecule has 0 saturated carbocycles. The van der Waals surface area contributed by atoms with Crippen LogP contribution in [0.15, 0.2) is 53.5 Å². The smallest absolute Gasteiger partial charge is 0.251 e. The number of likely N-dealkylation sites (N-methyl/N-ethyl adjacent to an activating group) is 1. The van der Waals surface area contributed by atoms with Gasteiger partial charge in [0.05, 0.1) is 6.54 Å². The van der Waals surface area contributed by atoms with Gasteiger partial charge in [0, 0.05) is 32.2 Å². The molecule has 0 saturated heterocycles. The monoisotopic (exact) mass is 553 g/mol. The van der Waals surface area contributed by atoms with E-state index in [-0.39, 0.29) is 36.0 Å². The fourth-order valence-corrected chi connectivity index (χ4v) is 2.93. The molecule has 3 N–H and O–H groups in total. The van der Waals surface area contributed by atoms with Crippen LogP contribution in [-0.4, -0.2) is 63.6 Å². The average Bonchev–Trinajstić information content (AvgIpc) is 2.73. The van der Waals surface area contributed by atoms with Gasteiger partial charge in [-0.25, -0.2) is 0 Å². The SMILES string of the molecule is CN=C(NCc1cccc(C(=O)NCCN(C)C)c1)NCC(C)Oc1cccc(C)c1.I. The van der Waals surface area contributed by atoms with Gasteiger partial charge in [0.2, 0.25) is 0 Å². The molecule has 32 heavy (non-hydrogen) atoms. The first-order valence-electron chi connectivity index (χ1n) is 10.6. The normalized spacial score (nSPS) is 12.0. The molecule has 0 aliphatic rings. The summed E-state index contributed by atoms with van der Waals surface area (Å²) in [6.45, 7) is 6.66. The molecule has 0 radical (unpaired) electrons. The van der Waals surface area contributed by atoms with Gasteiger partial charge in [0.1, 0.15) is 11.9 Å². The van der Waals surface area contributed by atoms with Crippen molar-refractivity contribution >= 4 is 35.8 Å². The Kier molecular flexibility index (Phi) is 12.7. The highest BCUT2D eigenvalue weighted by Crippen LogP contribution is 2.13. The van der Waals surface area contributed by atoms with Crippen molar-refractivity contribution in [2.24, 2.45) is 4.99 Å². The van der Waals surface area contributed by atoms with Crippen LogP contribution in [0.3, 0.4) is 0 Å². The maximum Gasteiger partial charge on any atom is 0.251 e. The number of carbonyl (C=O) groups is 1. The molecule has 0 aliphatic heterocycles. The fraction of sp³-hybridized carbons (Fsp3) is 0.417. The number of aliphatic imine (C=N–C) groups is 1. The molecule has 0 bridgehead atoms. The molecular weight excluding hydrogens is 517 g/mol. The number of amides is 1.